The van der Waals surface area contributed by atoms with Gasteiger partial charge in [0.1, 0.15) is 12.2 Å². The minimum Gasteiger partial charge on any atom is -0.352 e. The van der Waals surface area contributed by atoms with Gasteiger partial charge in [-0.1, -0.05) is 17.7 Å². The van der Waals surface area contributed by atoms with Gasteiger partial charge in [0.25, 0.3) is 5.91 Å². The molecule has 7 heteroatoms. The number of hydrogen-bond donors (Lipinski definition) is 1. The normalized spacial score (nSPS) is 24.4. The van der Waals surface area contributed by atoms with Crippen molar-refractivity contribution in [2.75, 3.05) is 19.6 Å². The molecule has 2 aromatic rings. The van der Waals surface area contributed by atoms with Gasteiger partial charge in [-0.3, -0.25) is 9.59 Å². The van der Waals surface area contributed by atoms with Gasteiger partial charge in [-0.15, -0.1) is 0 Å². The third-order valence-corrected chi connectivity index (χ3v) is 6.63. The molecule has 1 aromatic heterocycles. The van der Waals surface area contributed by atoms with Crippen LogP contribution >= 0.6 is 11.6 Å². The first kappa shape index (κ1) is 20.2. The molecule has 4 rings (SSSR count). The molecule has 2 amide bonds. The summed E-state index contributed by atoms with van der Waals surface area (Å²) in [6.45, 7) is 3.97. The number of amides is 2. The van der Waals surface area contributed by atoms with Gasteiger partial charge >= 0.3 is 0 Å². The number of aromatic nitrogens is 1. The zero-order valence-electron chi connectivity index (χ0n) is 16.7. The Morgan fingerprint density at radius 1 is 1.28 bits per heavy atom. The van der Waals surface area contributed by atoms with Crippen molar-refractivity contribution in [1.29, 1.82) is 0 Å². The minimum absolute atomic E-state index is 0.0524. The molecule has 0 unspecified atom stereocenters. The third kappa shape index (κ3) is 4.27. The fourth-order valence-electron chi connectivity index (χ4n) is 4.24. The largest absolute Gasteiger partial charge is 0.352 e. The summed E-state index contributed by atoms with van der Waals surface area (Å²) in [5.74, 6) is 0.142. The van der Waals surface area contributed by atoms with Gasteiger partial charge in [0.2, 0.25) is 5.91 Å². The summed E-state index contributed by atoms with van der Waals surface area (Å²) in [7, 11) is 0. The lowest BCUT2D eigenvalue weighted by Gasteiger charge is -2.31. The lowest BCUT2D eigenvalue weighted by molar-refractivity contribution is -0.135. The maximum atomic E-state index is 14.0. The van der Waals surface area contributed by atoms with E-state index in [0.29, 0.717) is 41.3 Å². The molecule has 1 aromatic carbocycles. The van der Waals surface area contributed by atoms with E-state index in [1.807, 2.05) is 21.6 Å². The molecule has 1 aliphatic heterocycles. The molecule has 5 nitrogen and oxygen atoms in total. The average Bonchev–Trinajstić information content (AvgIpc) is 2.99. The van der Waals surface area contributed by atoms with Crippen molar-refractivity contribution in [2.24, 2.45) is 5.92 Å². The van der Waals surface area contributed by atoms with Crippen LogP contribution in [0, 0.1) is 5.92 Å². The van der Waals surface area contributed by atoms with E-state index in [4.69, 9.17) is 11.6 Å². The highest BCUT2D eigenvalue weighted by Crippen LogP contribution is 2.34. The number of fused-ring (bicyclic) bond motifs is 1. The van der Waals surface area contributed by atoms with Crippen LogP contribution in [-0.2, 0) is 11.3 Å². The molecule has 0 atom stereocenters. The van der Waals surface area contributed by atoms with Crippen LogP contribution in [0.25, 0.3) is 10.9 Å². The summed E-state index contributed by atoms with van der Waals surface area (Å²) >= 11 is 6.41. The van der Waals surface area contributed by atoms with E-state index in [-0.39, 0.29) is 18.4 Å². The number of benzene rings is 1. The lowest BCUT2D eigenvalue weighted by atomic mass is 9.81. The van der Waals surface area contributed by atoms with Crippen molar-refractivity contribution in [3.05, 3.63) is 35.0 Å². The predicted octanol–water partition coefficient (Wildman–Crippen LogP) is 4.18. The number of halogens is 2. The monoisotopic (exact) mass is 419 g/mol. The average molecular weight is 420 g/mol. The van der Waals surface area contributed by atoms with Crippen molar-refractivity contribution >= 4 is 34.3 Å². The fourth-order valence-corrected chi connectivity index (χ4v) is 4.51. The molecule has 29 heavy (non-hydrogen) atoms. The fraction of sp³-hybridized carbons (Fsp3) is 0.545. The lowest BCUT2D eigenvalue weighted by Crippen LogP contribution is -2.43. The Bertz CT molecular complexity index is 926. The topological polar surface area (TPSA) is 54.3 Å². The molecule has 1 saturated heterocycles. The Morgan fingerprint density at radius 3 is 2.66 bits per heavy atom. The van der Waals surface area contributed by atoms with Crippen LogP contribution in [0.5, 0.6) is 0 Å². The van der Waals surface area contributed by atoms with E-state index in [9.17, 15) is 14.0 Å². The number of alkyl halides is 1. The van der Waals surface area contributed by atoms with Crippen LogP contribution in [0.4, 0.5) is 4.39 Å². The smallest absolute Gasteiger partial charge is 0.253 e. The highest BCUT2D eigenvalue weighted by molar-refractivity contribution is 6.36. The first-order valence-corrected chi connectivity index (χ1v) is 10.7. The van der Waals surface area contributed by atoms with Gasteiger partial charge in [-0.2, -0.15) is 0 Å². The molecular formula is C22H27ClFN3O2. The van der Waals surface area contributed by atoms with E-state index >= 15 is 0 Å². The van der Waals surface area contributed by atoms with Crippen molar-refractivity contribution in [3.8, 4) is 0 Å². The Kier molecular flexibility index (Phi) is 5.56. The van der Waals surface area contributed by atoms with Gasteiger partial charge in [-0.25, -0.2) is 4.39 Å². The summed E-state index contributed by atoms with van der Waals surface area (Å²) in [6, 6.07) is 5.46. The Hall–Kier alpha value is -2.08. The molecular weight excluding hydrogens is 393 g/mol. The molecule has 0 radical (unpaired) electrons. The maximum absolute atomic E-state index is 14.0. The summed E-state index contributed by atoms with van der Waals surface area (Å²) in [6.07, 6.45) is 5.40. The predicted molar refractivity (Wildman–Crippen MR) is 112 cm³/mol. The van der Waals surface area contributed by atoms with Crippen molar-refractivity contribution < 1.29 is 14.0 Å². The van der Waals surface area contributed by atoms with E-state index in [1.54, 1.807) is 19.2 Å². The second kappa shape index (κ2) is 7.98. The number of hydrogen-bond acceptors (Lipinski definition) is 2. The van der Waals surface area contributed by atoms with Crippen LogP contribution in [0.15, 0.2) is 24.4 Å². The maximum Gasteiger partial charge on any atom is 0.253 e. The summed E-state index contributed by atoms with van der Waals surface area (Å²) in [5, 5.41) is 4.16. The van der Waals surface area contributed by atoms with E-state index < -0.39 is 5.67 Å². The summed E-state index contributed by atoms with van der Waals surface area (Å²) in [4.78, 5) is 27.2. The van der Waals surface area contributed by atoms with Crippen LogP contribution < -0.4 is 5.32 Å². The number of rotatable bonds is 5. The first-order chi connectivity index (χ1) is 13.8. The Balaban J connectivity index is 1.50. The van der Waals surface area contributed by atoms with Crippen molar-refractivity contribution in [1.82, 2.24) is 14.8 Å². The Morgan fingerprint density at radius 2 is 2.00 bits per heavy atom. The molecule has 156 valence electrons. The van der Waals surface area contributed by atoms with Crippen LogP contribution in [0.1, 0.15) is 49.4 Å². The number of nitrogens with zero attached hydrogens (tertiary/aromatic N) is 2. The van der Waals surface area contributed by atoms with Crippen LogP contribution in [0.3, 0.4) is 0 Å². The van der Waals surface area contributed by atoms with Crippen molar-refractivity contribution in [3.63, 3.8) is 0 Å². The zero-order valence-corrected chi connectivity index (χ0v) is 17.5. The van der Waals surface area contributed by atoms with E-state index in [0.717, 1.165) is 37.9 Å². The molecule has 0 spiro atoms. The van der Waals surface area contributed by atoms with Gasteiger partial charge in [0.05, 0.1) is 16.1 Å². The number of likely N-dealkylation sites (tertiary alicyclic amines) is 1. The summed E-state index contributed by atoms with van der Waals surface area (Å²) in [5.41, 5.74) is 0.181. The first-order valence-electron chi connectivity index (χ1n) is 10.4. The van der Waals surface area contributed by atoms with Gasteiger partial charge in [0.15, 0.2) is 0 Å². The molecule has 1 saturated carbocycles. The van der Waals surface area contributed by atoms with Gasteiger partial charge < -0.3 is 14.8 Å². The number of carbonyl (C=O) groups is 2. The molecule has 0 bridgehead atoms. The van der Waals surface area contributed by atoms with Gasteiger partial charge in [0, 0.05) is 31.2 Å². The van der Waals surface area contributed by atoms with Crippen LogP contribution in [-0.4, -0.2) is 46.6 Å². The second-order valence-corrected chi connectivity index (χ2v) is 9.01. The van der Waals surface area contributed by atoms with Gasteiger partial charge in [-0.05, 0) is 57.1 Å². The van der Waals surface area contributed by atoms with E-state index in [2.05, 4.69) is 5.32 Å². The highest BCUT2D eigenvalue weighted by atomic mass is 35.5. The second-order valence-electron chi connectivity index (χ2n) is 8.61. The highest BCUT2D eigenvalue weighted by Gasteiger charge is 2.31. The molecule has 1 N–H and O–H groups in total. The van der Waals surface area contributed by atoms with Crippen molar-refractivity contribution in [2.45, 2.75) is 51.2 Å². The summed E-state index contributed by atoms with van der Waals surface area (Å²) < 4.78 is 15.8. The molecule has 2 fully saturated rings. The quantitative estimate of drug-likeness (QED) is 0.790. The standard InChI is InChI=1S/C22H27ClFN3O2/c1-22(24)8-6-15(7-9-22)12-25-21(29)16-13-27(14-19(28)26-10-3-11-26)18-5-2-4-17(23)20(16)18/h2,4-5,13,15H,3,6-12,14H2,1H3,(H,25,29). The molecule has 1 aliphatic carbocycles. The Labute approximate surface area is 175 Å². The molecule has 2 heterocycles. The SMILES string of the molecule is CC1(F)CCC(CNC(=O)c2cn(CC(=O)N3CCC3)c3cccc(Cl)c23)CC1. The van der Waals surface area contributed by atoms with Crippen LogP contribution in [0.2, 0.25) is 5.02 Å². The molecule has 2 aliphatic rings. The number of nitrogens with one attached hydrogen (secondary N) is 1. The number of carbonyl (C=O) groups excluding carboxylic acids is 2. The third-order valence-electron chi connectivity index (χ3n) is 6.31. The zero-order chi connectivity index (χ0) is 20.6. The van der Waals surface area contributed by atoms with E-state index in [1.165, 1.54) is 0 Å². The minimum atomic E-state index is -1.08.